The molecule has 0 amide bonds. The minimum atomic E-state index is 0.376. The predicted molar refractivity (Wildman–Crippen MR) is 49.2 cm³/mol. The summed E-state index contributed by atoms with van der Waals surface area (Å²) < 4.78 is 5.35. The van der Waals surface area contributed by atoms with E-state index in [2.05, 4.69) is 12.2 Å². The molecular weight excluding hydrogens is 150 g/mol. The molecule has 1 aliphatic carbocycles. The Morgan fingerprint density at radius 2 is 2.00 bits per heavy atom. The van der Waals surface area contributed by atoms with Crippen LogP contribution in [0.4, 0.5) is 0 Å². The molecule has 0 aromatic heterocycles. The number of hydrogen-bond acceptors (Lipinski definition) is 2. The van der Waals surface area contributed by atoms with Crippen molar-refractivity contribution in [3.8, 4) is 0 Å². The van der Waals surface area contributed by atoms with Crippen LogP contribution in [0.2, 0.25) is 0 Å². The van der Waals surface area contributed by atoms with Gasteiger partial charge in [0.2, 0.25) is 0 Å². The zero-order valence-corrected chi connectivity index (χ0v) is 7.94. The Hall–Kier alpha value is -0.0800. The van der Waals surface area contributed by atoms with Gasteiger partial charge in [0.1, 0.15) is 0 Å². The Labute approximate surface area is 74.7 Å². The molecular formula is C10H19NO. The lowest BCUT2D eigenvalue weighted by molar-refractivity contribution is 0.0450. The molecule has 70 valence electrons. The molecule has 0 spiro atoms. The molecule has 2 aliphatic rings. The first-order valence-electron chi connectivity index (χ1n) is 5.11. The van der Waals surface area contributed by atoms with Crippen molar-refractivity contribution in [2.45, 2.75) is 38.1 Å². The number of nitrogens with one attached hydrogen (secondary N) is 1. The standard InChI is InChI=1S/C10H19NO/c1-10(4-6-12-7-5-10)11-8-9-2-3-9/h9,11H,2-8H2,1H3. The minimum absolute atomic E-state index is 0.376. The summed E-state index contributed by atoms with van der Waals surface area (Å²) in [6, 6.07) is 0. The largest absolute Gasteiger partial charge is 0.381 e. The highest BCUT2D eigenvalue weighted by Gasteiger charge is 2.29. The predicted octanol–water partition coefficient (Wildman–Crippen LogP) is 1.56. The first-order chi connectivity index (χ1) is 5.79. The van der Waals surface area contributed by atoms with Gasteiger partial charge in [0, 0.05) is 18.8 Å². The third-order valence-corrected chi connectivity index (χ3v) is 3.11. The Morgan fingerprint density at radius 3 is 2.58 bits per heavy atom. The van der Waals surface area contributed by atoms with Crippen LogP contribution in [0, 0.1) is 5.92 Å². The number of rotatable bonds is 3. The molecule has 12 heavy (non-hydrogen) atoms. The van der Waals surface area contributed by atoms with Gasteiger partial charge in [0.05, 0.1) is 0 Å². The highest BCUT2D eigenvalue weighted by Crippen LogP contribution is 2.29. The van der Waals surface area contributed by atoms with Crippen LogP contribution >= 0.6 is 0 Å². The molecule has 1 aliphatic heterocycles. The quantitative estimate of drug-likeness (QED) is 0.692. The first kappa shape index (κ1) is 8.52. The first-order valence-corrected chi connectivity index (χ1v) is 5.11. The van der Waals surface area contributed by atoms with Crippen molar-refractivity contribution in [1.82, 2.24) is 5.32 Å². The van der Waals surface area contributed by atoms with Crippen LogP contribution in [0.1, 0.15) is 32.6 Å². The SMILES string of the molecule is CC1(NCC2CC2)CCOCC1. The molecule has 2 nitrogen and oxygen atoms in total. The van der Waals surface area contributed by atoms with Crippen molar-refractivity contribution in [2.75, 3.05) is 19.8 Å². The molecule has 1 N–H and O–H groups in total. The van der Waals surface area contributed by atoms with Crippen LogP contribution in [0.3, 0.4) is 0 Å². The lowest BCUT2D eigenvalue weighted by Gasteiger charge is -2.34. The van der Waals surface area contributed by atoms with Gasteiger partial charge in [-0.05, 0) is 45.1 Å². The normalized spacial score (nSPS) is 28.8. The maximum absolute atomic E-state index is 5.35. The van der Waals surface area contributed by atoms with Crippen molar-refractivity contribution in [2.24, 2.45) is 5.92 Å². The van der Waals surface area contributed by atoms with Crippen molar-refractivity contribution < 1.29 is 4.74 Å². The summed E-state index contributed by atoms with van der Waals surface area (Å²) in [5.74, 6) is 0.990. The number of hydrogen-bond donors (Lipinski definition) is 1. The molecule has 1 heterocycles. The fourth-order valence-electron chi connectivity index (χ4n) is 1.71. The van der Waals surface area contributed by atoms with E-state index in [0.29, 0.717) is 5.54 Å². The molecule has 0 unspecified atom stereocenters. The fraction of sp³-hybridized carbons (Fsp3) is 1.00. The smallest absolute Gasteiger partial charge is 0.0483 e. The van der Waals surface area contributed by atoms with Gasteiger partial charge in [-0.2, -0.15) is 0 Å². The second-order valence-electron chi connectivity index (χ2n) is 4.50. The molecule has 0 bridgehead atoms. The summed E-state index contributed by atoms with van der Waals surface area (Å²) in [7, 11) is 0. The zero-order chi connectivity index (χ0) is 8.44. The van der Waals surface area contributed by atoms with Gasteiger partial charge in [-0.15, -0.1) is 0 Å². The lowest BCUT2D eigenvalue weighted by atomic mass is 9.92. The molecule has 0 radical (unpaired) electrons. The average molecular weight is 169 g/mol. The Kier molecular flexibility index (Phi) is 2.37. The summed E-state index contributed by atoms with van der Waals surface area (Å²) in [6.45, 7) is 5.44. The third kappa shape index (κ3) is 2.20. The molecule has 2 heteroatoms. The van der Waals surface area contributed by atoms with E-state index in [-0.39, 0.29) is 0 Å². The Bertz CT molecular complexity index is 148. The molecule has 1 saturated carbocycles. The van der Waals surface area contributed by atoms with E-state index in [1.807, 2.05) is 0 Å². The van der Waals surface area contributed by atoms with Crippen LogP contribution in [-0.2, 0) is 4.74 Å². The van der Waals surface area contributed by atoms with Gasteiger partial charge in [0.25, 0.3) is 0 Å². The van der Waals surface area contributed by atoms with Crippen LogP contribution in [0.5, 0.6) is 0 Å². The van der Waals surface area contributed by atoms with Gasteiger partial charge in [-0.3, -0.25) is 0 Å². The average Bonchev–Trinajstić information content (AvgIpc) is 2.85. The minimum Gasteiger partial charge on any atom is -0.381 e. The van der Waals surface area contributed by atoms with Gasteiger partial charge in [0.15, 0.2) is 0 Å². The highest BCUT2D eigenvalue weighted by molar-refractivity contribution is 4.88. The van der Waals surface area contributed by atoms with Crippen molar-refractivity contribution in [3.05, 3.63) is 0 Å². The van der Waals surface area contributed by atoms with Crippen LogP contribution < -0.4 is 5.32 Å². The molecule has 0 atom stereocenters. The van der Waals surface area contributed by atoms with E-state index >= 15 is 0 Å². The molecule has 2 fully saturated rings. The van der Waals surface area contributed by atoms with Crippen molar-refractivity contribution in [3.63, 3.8) is 0 Å². The van der Waals surface area contributed by atoms with Crippen LogP contribution in [0.15, 0.2) is 0 Å². The Balaban J connectivity index is 1.73. The van der Waals surface area contributed by atoms with Gasteiger partial charge in [-0.1, -0.05) is 0 Å². The lowest BCUT2D eigenvalue weighted by Crippen LogP contribution is -2.47. The molecule has 1 saturated heterocycles. The van der Waals surface area contributed by atoms with Crippen LogP contribution in [0.25, 0.3) is 0 Å². The summed E-state index contributed by atoms with van der Waals surface area (Å²) in [6.07, 6.45) is 5.25. The summed E-state index contributed by atoms with van der Waals surface area (Å²) >= 11 is 0. The van der Waals surface area contributed by atoms with E-state index in [1.165, 1.54) is 32.2 Å². The van der Waals surface area contributed by atoms with E-state index in [1.54, 1.807) is 0 Å². The molecule has 0 aromatic rings. The number of ether oxygens (including phenoxy) is 1. The third-order valence-electron chi connectivity index (χ3n) is 3.11. The topological polar surface area (TPSA) is 21.3 Å². The van der Waals surface area contributed by atoms with Gasteiger partial charge >= 0.3 is 0 Å². The van der Waals surface area contributed by atoms with Gasteiger partial charge in [-0.25, -0.2) is 0 Å². The second kappa shape index (κ2) is 3.35. The van der Waals surface area contributed by atoms with Gasteiger partial charge < -0.3 is 10.1 Å². The highest BCUT2D eigenvalue weighted by atomic mass is 16.5. The molecule has 0 aromatic carbocycles. The van der Waals surface area contributed by atoms with Crippen LogP contribution in [-0.4, -0.2) is 25.3 Å². The van der Waals surface area contributed by atoms with E-state index in [0.717, 1.165) is 19.1 Å². The zero-order valence-electron chi connectivity index (χ0n) is 7.94. The monoisotopic (exact) mass is 169 g/mol. The molecule has 2 rings (SSSR count). The summed E-state index contributed by atoms with van der Waals surface area (Å²) in [5.41, 5.74) is 0.376. The maximum Gasteiger partial charge on any atom is 0.0483 e. The second-order valence-corrected chi connectivity index (χ2v) is 4.50. The van der Waals surface area contributed by atoms with Crippen molar-refractivity contribution in [1.29, 1.82) is 0 Å². The summed E-state index contributed by atoms with van der Waals surface area (Å²) in [5, 5.41) is 3.68. The van der Waals surface area contributed by atoms with Crippen molar-refractivity contribution >= 4 is 0 Å². The maximum atomic E-state index is 5.35. The van der Waals surface area contributed by atoms with E-state index in [9.17, 15) is 0 Å². The van der Waals surface area contributed by atoms with E-state index < -0.39 is 0 Å². The fourth-order valence-corrected chi connectivity index (χ4v) is 1.71. The Morgan fingerprint density at radius 1 is 1.33 bits per heavy atom. The van der Waals surface area contributed by atoms with E-state index in [4.69, 9.17) is 4.74 Å². The summed E-state index contributed by atoms with van der Waals surface area (Å²) in [4.78, 5) is 0.